The SMILES string of the molecule is O=C(COc1ccc(-c2nc3ccccc3c(=O)[nH]2)cc1O)Nc1ccc(Cl)cc1. The lowest BCUT2D eigenvalue weighted by Gasteiger charge is -2.10. The zero-order valence-electron chi connectivity index (χ0n) is 15.6. The number of aromatic nitrogens is 2. The molecule has 1 aromatic heterocycles. The predicted octanol–water partition coefficient (Wildman–Crippen LogP) is 3.97. The maximum absolute atomic E-state index is 12.2. The number of aromatic amines is 1. The Bertz CT molecular complexity index is 1290. The first-order valence-corrected chi connectivity index (χ1v) is 9.38. The van der Waals surface area contributed by atoms with Crippen molar-refractivity contribution < 1.29 is 14.6 Å². The highest BCUT2D eigenvalue weighted by Crippen LogP contribution is 2.30. The normalized spacial score (nSPS) is 10.7. The van der Waals surface area contributed by atoms with E-state index >= 15 is 0 Å². The van der Waals surface area contributed by atoms with Crippen molar-refractivity contribution in [2.45, 2.75) is 0 Å². The van der Waals surface area contributed by atoms with Crippen LogP contribution >= 0.6 is 11.6 Å². The van der Waals surface area contributed by atoms with Gasteiger partial charge < -0.3 is 20.1 Å². The van der Waals surface area contributed by atoms with Crippen LogP contribution in [0.1, 0.15) is 0 Å². The molecule has 0 radical (unpaired) electrons. The van der Waals surface area contributed by atoms with E-state index in [4.69, 9.17) is 16.3 Å². The van der Waals surface area contributed by atoms with Crippen molar-refractivity contribution in [2.75, 3.05) is 11.9 Å². The molecular weight excluding hydrogens is 406 g/mol. The average molecular weight is 422 g/mol. The number of ether oxygens (including phenoxy) is 1. The monoisotopic (exact) mass is 421 g/mol. The molecule has 0 aliphatic carbocycles. The van der Waals surface area contributed by atoms with Crippen LogP contribution in [0.3, 0.4) is 0 Å². The highest BCUT2D eigenvalue weighted by Gasteiger charge is 2.11. The Hall–Kier alpha value is -3.84. The Kier molecular flexibility index (Phi) is 5.36. The molecule has 0 unspecified atom stereocenters. The number of hydrogen-bond donors (Lipinski definition) is 3. The Balaban J connectivity index is 1.47. The first-order valence-electron chi connectivity index (χ1n) is 9.00. The van der Waals surface area contributed by atoms with Gasteiger partial charge in [0.1, 0.15) is 5.82 Å². The lowest BCUT2D eigenvalue weighted by Crippen LogP contribution is -2.20. The van der Waals surface area contributed by atoms with Crippen LogP contribution in [0.25, 0.3) is 22.3 Å². The number of H-pyrrole nitrogens is 1. The van der Waals surface area contributed by atoms with Crippen LogP contribution < -0.4 is 15.6 Å². The van der Waals surface area contributed by atoms with Gasteiger partial charge in [-0.1, -0.05) is 23.7 Å². The summed E-state index contributed by atoms with van der Waals surface area (Å²) in [6.07, 6.45) is 0. The fraction of sp³-hybridized carbons (Fsp3) is 0.0455. The van der Waals surface area contributed by atoms with Crippen molar-refractivity contribution in [1.29, 1.82) is 0 Å². The van der Waals surface area contributed by atoms with Gasteiger partial charge in [-0.15, -0.1) is 0 Å². The van der Waals surface area contributed by atoms with Crippen molar-refractivity contribution in [3.8, 4) is 22.9 Å². The van der Waals surface area contributed by atoms with Crippen LogP contribution in [-0.4, -0.2) is 27.6 Å². The average Bonchev–Trinajstić information content (AvgIpc) is 2.74. The van der Waals surface area contributed by atoms with Gasteiger partial charge in [-0.2, -0.15) is 0 Å². The summed E-state index contributed by atoms with van der Waals surface area (Å²) in [4.78, 5) is 31.4. The quantitative estimate of drug-likeness (QED) is 0.452. The van der Waals surface area contributed by atoms with E-state index in [1.165, 1.54) is 12.1 Å². The second-order valence-electron chi connectivity index (χ2n) is 6.46. The number of amides is 1. The van der Waals surface area contributed by atoms with Gasteiger partial charge in [0.15, 0.2) is 18.1 Å². The largest absolute Gasteiger partial charge is 0.504 e. The summed E-state index contributed by atoms with van der Waals surface area (Å²) < 4.78 is 5.40. The maximum Gasteiger partial charge on any atom is 0.262 e. The standard InChI is InChI=1S/C22H16ClN3O4/c23-14-6-8-15(9-7-14)24-20(28)12-30-19-10-5-13(11-18(19)27)21-25-17-4-2-1-3-16(17)22(29)26-21/h1-11,27H,12H2,(H,24,28)(H,25,26,29). The molecule has 0 saturated heterocycles. The molecule has 3 N–H and O–H groups in total. The second kappa shape index (κ2) is 8.26. The van der Waals surface area contributed by atoms with Gasteiger partial charge in [0.2, 0.25) is 0 Å². The summed E-state index contributed by atoms with van der Waals surface area (Å²) in [5.41, 5.74) is 1.37. The zero-order valence-corrected chi connectivity index (χ0v) is 16.3. The number of aromatic hydroxyl groups is 1. The zero-order chi connectivity index (χ0) is 21.1. The number of benzene rings is 3. The summed E-state index contributed by atoms with van der Waals surface area (Å²) in [5.74, 6) is -0.113. The molecule has 8 heteroatoms. The predicted molar refractivity (Wildman–Crippen MR) is 115 cm³/mol. The summed E-state index contributed by atoms with van der Waals surface area (Å²) in [6, 6.07) is 18.2. The number of phenolic OH excluding ortho intramolecular Hbond substituents is 1. The van der Waals surface area contributed by atoms with Gasteiger partial charge in [0.25, 0.3) is 11.5 Å². The summed E-state index contributed by atoms with van der Waals surface area (Å²) in [7, 11) is 0. The van der Waals surface area contributed by atoms with Gasteiger partial charge in [0, 0.05) is 16.3 Å². The van der Waals surface area contributed by atoms with Crippen molar-refractivity contribution in [2.24, 2.45) is 0 Å². The minimum Gasteiger partial charge on any atom is -0.504 e. The Morgan fingerprint density at radius 2 is 1.87 bits per heavy atom. The molecule has 150 valence electrons. The fourth-order valence-electron chi connectivity index (χ4n) is 2.88. The molecule has 7 nitrogen and oxygen atoms in total. The van der Waals surface area contributed by atoms with E-state index in [9.17, 15) is 14.7 Å². The van der Waals surface area contributed by atoms with E-state index in [0.29, 0.717) is 33.0 Å². The van der Waals surface area contributed by atoms with E-state index in [1.54, 1.807) is 54.6 Å². The van der Waals surface area contributed by atoms with Crippen molar-refractivity contribution >= 4 is 34.1 Å². The number of rotatable bonds is 5. The maximum atomic E-state index is 12.2. The van der Waals surface area contributed by atoms with Crippen molar-refractivity contribution in [3.05, 3.63) is 82.1 Å². The molecule has 0 aliphatic rings. The van der Waals surface area contributed by atoms with Gasteiger partial charge in [-0.05, 0) is 54.6 Å². The van der Waals surface area contributed by atoms with Gasteiger partial charge in [-0.3, -0.25) is 9.59 Å². The number of carbonyl (C=O) groups is 1. The number of hydrogen-bond acceptors (Lipinski definition) is 5. The molecule has 30 heavy (non-hydrogen) atoms. The topological polar surface area (TPSA) is 104 Å². The molecule has 1 heterocycles. The number of carbonyl (C=O) groups excluding carboxylic acids is 1. The number of para-hydroxylation sites is 1. The van der Waals surface area contributed by atoms with Crippen molar-refractivity contribution in [3.63, 3.8) is 0 Å². The molecule has 3 aromatic carbocycles. The van der Waals surface area contributed by atoms with E-state index in [2.05, 4.69) is 15.3 Å². The first kappa shape index (κ1) is 19.5. The molecular formula is C22H16ClN3O4. The van der Waals surface area contributed by atoms with Crippen LogP contribution in [0.4, 0.5) is 5.69 Å². The van der Waals surface area contributed by atoms with Crippen molar-refractivity contribution in [1.82, 2.24) is 9.97 Å². The van der Waals surface area contributed by atoms with E-state index < -0.39 is 0 Å². The fourth-order valence-corrected chi connectivity index (χ4v) is 3.01. The second-order valence-corrected chi connectivity index (χ2v) is 6.89. The third-order valence-corrected chi connectivity index (χ3v) is 4.58. The Morgan fingerprint density at radius 3 is 2.63 bits per heavy atom. The first-order chi connectivity index (χ1) is 14.5. The number of halogens is 1. The van der Waals surface area contributed by atoms with Crippen LogP contribution in [-0.2, 0) is 4.79 Å². The molecule has 4 aromatic rings. The number of nitrogens with zero attached hydrogens (tertiary/aromatic N) is 1. The molecule has 0 saturated carbocycles. The molecule has 1 amide bonds. The van der Waals surface area contributed by atoms with Crippen LogP contribution in [0, 0.1) is 0 Å². The highest BCUT2D eigenvalue weighted by molar-refractivity contribution is 6.30. The Morgan fingerprint density at radius 1 is 1.10 bits per heavy atom. The molecule has 0 aliphatic heterocycles. The van der Waals surface area contributed by atoms with Gasteiger partial charge in [0.05, 0.1) is 10.9 Å². The molecule has 0 bridgehead atoms. The summed E-state index contributed by atoms with van der Waals surface area (Å²) >= 11 is 5.81. The third-order valence-electron chi connectivity index (χ3n) is 4.33. The van der Waals surface area contributed by atoms with Gasteiger partial charge >= 0.3 is 0 Å². The minimum atomic E-state index is -0.388. The Labute approximate surface area is 175 Å². The number of fused-ring (bicyclic) bond motifs is 1. The van der Waals surface area contributed by atoms with Crippen LogP contribution in [0.2, 0.25) is 5.02 Å². The summed E-state index contributed by atoms with van der Waals surface area (Å²) in [5, 5.41) is 14.0. The molecule has 4 rings (SSSR count). The van der Waals surface area contributed by atoms with Gasteiger partial charge in [-0.25, -0.2) is 4.98 Å². The molecule has 0 spiro atoms. The summed E-state index contributed by atoms with van der Waals surface area (Å²) in [6.45, 7) is -0.291. The smallest absolute Gasteiger partial charge is 0.262 e. The highest BCUT2D eigenvalue weighted by atomic mass is 35.5. The number of anilines is 1. The van der Waals surface area contributed by atoms with Crippen LogP contribution in [0.15, 0.2) is 71.5 Å². The molecule has 0 atom stereocenters. The number of phenols is 1. The van der Waals surface area contributed by atoms with E-state index in [-0.39, 0.29) is 29.6 Å². The lowest BCUT2D eigenvalue weighted by molar-refractivity contribution is -0.118. The molecule has 0 fully saturated rings. The third kappa shape index (κ3) is 4.26. The minimum absolute atomic E-state index is 0.133. The lowest BCUT2D eigenvalue weighted by atomic mass is 10.1. The van der Waals surface area contributed by atoms with E-state index in [1.807, 2.05) is 0 Å². The van der Waals surface area contributed by atoms with E-state index in [0.717, 1.165) is 0 Å². The number of nitrogens with one attached hydrogen (secondary N) is 2. The van der Waals surface area contributed by atoms with Crippen LogP contribution in [0.5, 0.6) is 11.5 Å².